The molecule has 0 fully saturated rings. The van der Waals surface area contributed by atoms with Crippen LogP contribution in [-0.2, 0) is 6.42 Å². The van der Waals surface area contributed by atoms with Gasteiger partial charge in [0.2, 0.25) is 0 Å². The van der Waals surface area contributed by atoms with Gasteiger partial charge in [0.05, 0.1) is 0 Å². The van der Waals surface area contributed by atoms with Crippen molar-refractivity contribution < 1.29 is 0 Å². The molecule has 1 aromatic heterocycles. The molecule has 0 radical (unpaired) electrons. The summed E-state index contributed by atoms with van der Waals surface area (Å²) in [4.78, 5) is 6.93. The first-order valence-corrected chi connectivity index (χ1v) is 6.74. The first-order chi connectivity index (χ1) is 9.16. The van der Waals surface area contributed by atoms with E-state index >= 15 is 0 Å². The van der Waals surface area contributed by atoms with Crippen molar-refractivity contribution in [1.29, 1.82) is 0 Å². The summed E-state index contributed by atoms with van der Waals surface area (Å²) in [6, 6.07) is 10.7. The fraction of sp³-hybridized carbons (Fsp3) is 0.312. The number of fused-ring (bicyclic) bond motifs is 1. The molecule has 19 heavy (non-hydrogen) atoms. The molecule has 0 amide bonds. The number of benzene rings is 1. The summed E-state index contributed by atoms with van der Waals surface area (Å²) >= 11 is 0. The molecule has 3 rings (SSSR count). The second kappa shape index (κ2) is 4.67. The standard InChI is InChI=1S/C16H19N3/c1-11-9-14(12(2)17)10-18-16(11)19-8-7-13-5-3-4-6-15(13)19/h3-6,9-10,12H,7-8,17H2,1-2H3/t12-/m1/s1. The van der Waals surface area contributed by atoms with E-state index in [2.05, 4.69) is 47.1 Å². The Bertz CT molecular complexity index is 605. The lowest BCUT2D eigenvalue weighted by molar-refractivity contribution is 0.807. The average Bonchev–Trinajstić information content (AvgIpc) is 2.82. The van der Waals surface area contributed by atoms with Crippen molar-refractivity contribution in [3.63, 3.8) is 0 Å². The molecule has 3 nitrogen and oxygen atoms in total. The van der Waals surface area contributed by atoms with Gasteiger partial charge in [-0.15, -0.1) is 0 Å². The highest BCUT2D eigenvalue weighted by atomic mass is 15.2. The van der Waals surface area contributed by atoms with Crippen molar-refractivity contribution in [2.75, 3.05) is 11.4 Å². The SMILES string of the molecule is Cc1cc([C@@H](C)N)cnc1N1CCc2ccccc21. The van der Waals surface area contributed by atoms with E-state index in [1.54, 1.807) is 0 Å². The number of rotatable bonds is 2. The van der Waals surface area contributed by atoms with Crippen LogP contribution in [-0.4, -0.2) is 11.5 Å². The summed E-state index contributed by atoms with van der Waals surface area (Å²) in [5.41, 5.74) is 10.9. The summed E-state index contributed by atoms with van der Waals surface area (Å²) in [7, 11) is 0. The van der Waals surface area contributed by atoms with E-state index in [0.717, 1.165) is 24.3 Å². The van der Waals surface area contributed by atoms with E-state index in [-0.39, 0.29) is 6.04 Å². The lowest BCUT2D eigenvalue weighted by Gasteiger charge is -2.21. The molecule has 98 valence electrons. The van der Waals surface area contributed by atoms with Gasteiger partial charge < -0.3 is 10.6 Å². The molecule has 2 heterocycles. The Morgan fingerprint density at radius 3 is 2.84 bits per heavy atom. The zero-order chi connectivity index (χ0) is 13.4. The van der Waals surface area contributed by atoms with Gasteiger partial charge in [0.25, 0.3) is 0 Å². The minimum atomic E-state index is 0.0334. The largest absolute Gasteiger partial charge is 0.326 e. The number of hydrogen-bond donors (Lipinski definition) is 1. The van der Waals surface area contributed by atoms with Crippen molar-refractivity contribution in [3.05, 3.63) is 53.2 Å². The molecule has 0 spiro atoms. The van der Waals surface area contributed by atoms with Crippen LogP contribution in [0.25, 0.3) is 0 Å². The van der Waals surface area contributed by atoms with Crippen LogP contribution in [0.5, 0.6) is 0 Å². The summed E-state index contributed by atoms with van der Waals surface area (Å²) < 4.78 is 0. The highest BCUT2D eigenvalue weighted by molar-refractivity contribution is 5.69. The van der Waals surface area contributed by atoms with E-state index in [4.69, 9.17) is 5.73 Å². The van der Waals surface area contributed by atoms with E-state index < -0.39 is 0 Å². The Labute approximate surface area is 114 Å². The Morgan fingerprint density at radius 1 is 1.32 bits per heavy atom. The normalized spacial score (nSPS) is 15.4. The predicted molar refractivity (Wildman–Crippen MR) is 78.7 cm³/mol. The Morgan fingerprint density at radius 2 is 2.11 bits per heavy atom. The van der Waals surface area contributed by atoms with Crippen molar-refractivity contribution in [2.45, 2.75) is 26.3 Å². The molecule has 3 heteroatoms. The third-order valence-electron chi connectivity index (χ3n) is 3.74. The lowest BCUT2D eigenvalue weighted by Crippen LogP contribution is -2.17. The molecule has 1 aromatic carbocycles. The van der Waals surface area contributed by atoms with Crippen LogP contribution < -0.4 is 10.6 Å². The maximum Gasteiger partial charge on any atom is 0.135 e. The van der Waals surface area contributed by atoms with Crippen molar-refractivity contribution >= 4 is 11.5 Å². The van der Waals surface area contributed by atoms with Gasteiger partial charge in [-0.3, -0.25) is 0 Å². The molecule has 0 unspecified atom stereocenters. The summed E-state index contributed by atoms with van der Waals surface area (Å²) in [6.07, 6.45) is 2.99. The molecule has 2 N–H and O–H groups in total. The van der Waals surface area contributed by atoms with E-state index in [9.17, 15) is 0 Å². The van der Waals surface area contributed by atoms with Crippen LogP contribution in [0.1, 0.15) is 29.7 Å². The monoisotopic (exact) mass is 253 g/mol. The molecule has 0 saturated heterocycles. The maximum absolute atomic E-state index is 5.91. The number of aromatic nitrogens is 1. The first-order valence-electron chi connectivity index (χ1n) is 6.74. The minimum Gasteiger partial charge on any atom is -0.326 e. The molecule has 1 atom stereocenters. The fourth-order valence-corrected chi connectivity index (χ4v) is 2.68. The zero-order valence-electron chi connectivity index (χ0n) is 11.4. The summed E-state index contributed by atoms with van der Waals surface area (Å²) in [5.74, 6) is 1.05. The molecule has 0 bridgehead atoms. The van der Waals surface area contributed by atoms with E-state index in [1.165, 1.54) is 16.8 Å². The number of pyridine rings is 1. The highest BCUT2D eigenvalue weighted by Gasteiger charge is 2.22. The Kier molecular flexibility index (Phi) is 2.99. The van der Waals surface area contributed by atoms with Crippen LogP contribution in [0.4, 0.5) is 11.5 Å². The van der Waals surface area contributed by atoms with Gasteiger partial charge in [-0.1, -0.05) is 18.2 Å². The first kappa shape index (κ1) is 12.2. The van der Waals surface area contributed by atoms with Crippen molar-refractivity contribution in [3.8, 4) is 0 Å². The number of anilines is 2. The second-order valence-corrected chi connectivity index (χ2v) is 5.23. The Balaban J connectivity index is 2.00. The molecule has 2 aromatic rings. The third kappa shape index (κ3) is 2.10. The van der Waals surface area contributed by atoms with Crippen LogP contribution >= 0.6 is 0 Å². The number of hydrogen-bond acceptors (Lipinski definition) is 3. The predicted octanol–water partition coefficient (Wildman–Crippen LogP) is 3.10. The molecule has 1 aliphatic heterocycles. The molecule has 1 aliphatic rings. The van der Waals surface area contributed by atoms with Crippen LogP contribution in [0.3, 0.4) is 0 Å². The van der Waals surface area contributed by atoms with Crippen molar-refractivity contribution in [1.82, 2.24) is 4.98 Å². The van der Waals surface area contributed by atoms with Gasteiger partial charge in [-0.25, -0.2) is 4.98 Å². The summed E-state index contributed by atoms with van der Waals surface area (Å²) in [6.45, 7) is 5.10. The maximum atomic E-state index is 5.91. The van der Waals surface area contributed by atoms with E-state index in [1.807, 2.05) is 13.1 Å². The van der Waals surface area contributed by atoms with Gasteiger partial charge in [-0.05, 0) is 49.1 Å². The Hall–Kier alpha value is -1.87. The zero-order valence-corrected chi connectivity index (χ0v) is 11.4. The fourth-order valence-electron chi connectivity index (χ4n) is 2.68. The van der Waals surface area contributed by atoms with Gasteiger partial charge in [-0.2, -0.15) is 0 Å². The highest BCUT2D eigenvalue weighted by Crippen LogP contribution is 2.34. The second-order valence-electron chi connectivity index (χ2n) is 5.23. The third-order valence-corrected chi connectivity index (χ3v) is 3.74. The van der Waals surface area contributed by atoms with Gasteiger partial charge in [0.15, 0.2) is 0 Å². The molecule has 0 aliphatic carbocycles. The molecular weight excluding hydrogens is 234 g/mol. The van der Waals surface area contributed by atoms with E-state index in [0.29, 0.717) is 0 Å². The minimum absolute atomic E-state index is 0.0334. The van der Waals surface area contributed by atoms with Gasteiger partial charge in [0.1, 0.15) is 5.82 Å². The average molecular weight is 253 g/mol. The van der Waals surface area contributed by atoms with Gasteiger partial charge in [0, 0.05) is 24.5 Å². The number of aryl methyl sites for hydroxylation is 1. The number of nitrogens with zero attached hydrogens (tertiary/aromatic N) is 2. The van der Waals surface area contributed by atoms with Crippen molar-refractivity contribution in [2.24, 2.45) is 5.73 Å². The van der Waals surface area contributed by atoms with Gasteiger partial charge >= 0.3 is 0 Å². The topological polar surface area (TPSA) is 42.1 Å². The quantitative estimate of drug-likeness (QED) is 0.894. The van der Waals surface area contributed by atoms with Crippen LogP contribution in [0.2, 0.25) is 0 Å². The van der Waals surface area contributed by atoms with Crippen LogP contribution in [0.15, 0.2) is 36.5 Å². The molecular formula is C16H19N3. The van der Waals surface area contributed by atoms with Crippen LogP contribution in [0, 0.1) is 6.92 Å². The smallest absolute Gasteiger partial charge is 0.135 e. The molecule has 0 saturated carbocycles. The lowest BCUT2D eigenvalue weighted by atomic mass is 10.1. The number of nitrogens with two attached hydrogens (primary N) is 1. The number of para-hydroxylation sites is 1. The summed E-state index contributed by atoms with van der Waals surface area (Å²) in [5, 5.41) is 0.